The molecule has 6 heteroatoms. The predicted molar refractivity (Wildman–Crippen MR) is 63.9 cm³/mol. The van der Waals surface area contributed by atoms with Crippen LogP contribution in [-0.2, 0) is 10.0 Å². The van der Waals surface area contributed by atoms with Crippen molar-refractivity contribution in [1.82, 2.24) is 9.29 Å². The van der Waals surface area contributed by atoms with Crippen LogP contribution in [0.15, 0.2) is 15.9 Å². The van der Waals surface area contributed by atoms with Gasteiger partial charge in [0.1, 0.15) is 0 Å². The van der Waals surface area contributed by atoms with E-state index in [9.17, 15) is 8.42 Å². The van der Waals surface area contributed by atoms with Gasteiger partial charge in [0.25, 0.3) is 10.0 Å². The molecule has 90 valence electrons. The molecule has 1 aromatic rings. The molecule has 0 aromatic carbocycles. The van der Waals surface area contributed by atoms with E-state index in [1.807, 2.05) is 13.8 Å². The van der Waals surface area contributed by atoms with Gasteiger partial charge >= 0.3 is 0 Å². The summed E-state index contributed by atoms with van der Waals surface area (Å²) >= 11 is 1.19. The summed E-state index contributed by atoms with van der Waals surface area (Å²) in [6.45, 7) is 3.96. The van der Waals surface area contributed by atoms with E-state index in [4.69, 9.17) is 0 Å². The van der Waals surface area contributed by atoms with E-state index < -0.39 is 10.0 Å². The third kappa shape index (κ3) is 2.01. The van der Waals surface area contributed by atoms with Crippen molar-refractivity contribution < 1.29 is 8.42 Å². The molecule has 4 nitrogen and oxygen atoms in total. The number of hydrogen-bond acceptors (Lipinski definition) is 4. The van der Waals surface area contributed by atoms with Crippen LogP contribution in [-0.4, -0.2) is 29.8 Å². The summed E-state index contributed by atoms with van der Waals surface area (Å²) in [5.74, 6) is 0. The first-order valence-electron chi connectivity index (χ1n) is 5.45. The third-order valence-electron chi connectivity index (χ3n) is 3.05. The van der Waals surface area contributed by atoms with Gasteiger partial charge in [-0.3, -0.25) is 4.98 Å². The molecule has 16 heavy (non-hydrogen) atoms. The van der Waals surface area contributed by atoms with E-state index in [1.54, 1.807) is 9.82 Å². The highest BCUT2D eigenvalue weighted by Gasteiger charge is 2.36. The fourth-order valence-corrected chi connectivity index (χ4v) is 5.09. The fourth-order valence-electron chi connectivity index (χ4n) is 2.31. The molecule has 2 rings (SSSR count). The van der Waals surface area contributed by atoms with Gasteiger partial charge in [-0.15, -0.1) is 11.3 Å². The Labute approximate surface area is 100 Å². The molecule has 0 N–H and O–H groups in total. The number of aromatic nitrogens is 1. The van der Waals surface area contributed by atoms with Crippen LogP contribution in [0.4, 0.5) is 0 Å². The van der Waals surface area contributed by atoms with Crippen LogP contribution < -0.4 is 0 Å². The number of thiazole rings is 1. The molecule has 0 bridgehead atoms. The molecule has 1 fully saturated rings. The SMILES string of the molecule is CC1CCCC(C)N1S(=O)(=O)c1cncs1. The highest BCUT2D eigenvalue weighted by Crippen LogP contribution is 2.30. The lowest BCUT2D eigenvalue weighted by molar-refractivity contribution is 0.204. The van der Waals surface area contributed by atoms with Crippen molar-refractivity contribution in [2.45, 2.75) is 49.4 Å². The summed E-state index contributed by atoms with van der Waals surface area (Å²) in [5, 5.41) is 0. The summed E-state index contributed by atoms with van der Waals surface area (Å²) in [5.41, 5.74) is 1.56. The van der Waals surface area contributed by atoms with Gasteiger partial charge in [-0.05, 0) is 26.7 Å². The van der Waals surface area contributed by atoms with Crippen LogP contribution in [0, 0.1) is 0 Å². The van der Waals surface area contributed by atoms with Gasteiger partial charge in [-0.25, -0.2) is 8.42 Å². The van der Waals surface area contributed by atoms with Gasteiger partial charge in [-0.1, -0.05) is 6.42 Å². The smallest absolute Gasteiger partial charge is 0.252 e. The minimum atomic E-state index is -3.33. The minimum absolute atomic E-state index is 0.0934. The molecule has 2 atom stereocenters. The Hall–Kier alpha value is -0.460. The maximum atomic E-state index is 12.4. The van der Waals surface area contributed by atoms with Crippen molar-refractivity contribution in [3.63, 3.8) is 0 Å². The Morgan fingerprint density at radius 2 is 2.00 bits per heavy atom. The second-order valence-corrected chi connectivity index (χ2v) is 7.24. The van der Waals surface area contributed by atoms with Crippen LogP contribution in [0.1, 0.15) is 33.1 Å². The second-order valence-electron chi connectivity index (χ2n) is 4.28. The highest BCUT2D eigenvalue weighted by molar-refractivity contribution is 7.91. The van der Waals surface area contributed by atoms with Crippen molar-refractivity contribution in [3.05, 3.63) is 11.7 Å². The number of rotatable bonds is 2. The predicted octanol–water partition coefficient (Wildman–Crippen LogP) is 2.09. The van der Waals surface area contributed by atoms with Crippen LogP contribution in [0.5, 0.6) is 0 Å². The maximum absolute atomic E-state index is 12.4. The largest absolute Gasteiger partial charge is 0.254 e. The topological polar surface area (TPSA) is 50.3 Å². The first kappa shape index (κ1) is 12.0. The zero-order chi connectivity index (χ0) is 11.8. The number of sulfonamides is 1. The van der Waals surface area contributed by atoms with Gasteiger partial charge in [0, 0.05) is 12.1 Å². The molecule has 1 aliphatic rings. The molecule has 1 aliphatic heterocycles. The minimum Gasteiger partial charge on any atom is -0.252 e. The Morgan fingerprint density at radius 1 is 1.38 bits per heavy atom. The Morgan fingerprint density at radius 3 is 2.50 bits per heavy atom. The molecule has 0 radical (unpaired) electrons. The van der Waals surface area contributed by atoms with Gasteiger partial charge in [-0.2, -0.15) is 4.31 Å². The van der Waals surface area contributed by atoms with Crippen molar-refractivity contribution >= 4 is 21.4 Å². The van der Waals surface area contributed by atoms with Gasteiger partial charge in [0.15, 0.2) is 4.21 Å². The Kier molecular flexibility index (Phi) is 3.32. The summed E-state index contributed by atoms with van der Waals surface area (Å²) in [6.07, 6.45) is 4.44. The highest BCUT2D eigenvalue weighted by atomic mass is 32.2. The van der Waals surface area contributed by atoms with Crippen LogP contribution in [0.25, 0.3) is 0 Å². The molecule has 2 heterocycles. The average molecular weight is 260 g/mol. The van der Waals surface area contributed by atoms with Crippen molar-refractivity contribution in [1.29, 1.82) is 0 Å². The zero-order valence-electron chi connectivity index (χ0n) is 9.46. The molecule has 1 aromatic heterocycles. The van der Waals surface area contributed by atoms with Crippen LogP contribution in [0.2, 0.25) is 0 Å². The lowest BCUT2D eigenvalue weighted by atomic mass is 10.0. The molecule has 0 saturated carbocycles. The van der Waals surface area contributed by atoms with Crippen LogP contribution in [0.3, 0.4) is 0 Å². The number of piperidine rings is 1. The monoisotopic (exact) mass is 260 g/mol. The molecule has 0 aliphatic carbocycles. The third-order valence-corrected chi connectivity index (χ3v) is 6.43. The van der Waals surface area contributed by atoms with E-state index in [-0.39, 0.29) is 12.1 Å². The maximum Gasteiger partial charge on any atom is 0.254 e. The number of hydrogen-bond donors (Lipinski definition) is 0. The quantitative estimate of drug-likeness (QED) is 0.818. The summed E-state index contributed by atoms with van der Waals surface area (Å²) in [7, 11) is -3.33. The van der Waals surface area contributed by atoms with E-state index in [0.29, 0.717) is 4.21 Å². The molecular formula is C10H16N2O2S2. The van der Waals surface area contributed by atoms with E-state index >= 15 is 0 Å². The molecule has 1 saturated heterocycles. The van der Waals surface area contributed by atoms with E-state index in [0.717, 1.165) is 19.3 Å². The van der Waals surface area contributed by atoms with Crippen LogP contribution >= 0.6 is 11.3 Å². The van der Waals surface area contributed by atoms with Crippen molar-refractivity contribution in [2.75, 3.05) is 0 Å². The molecule has 2 unspecified atom stereocenters. The van der Waals surface area contributed by atoms with Gasteiger partial charge < -0.3 is 0 Å². The molecular weight excluding hydrogens is 244 g/mol. The normalized spacial score (nSPS) is 28.1. The number of nitrogens with zero attached hydrogens (tertiary/aromatic N) is 2. The standard InChI is InChI=1S/C10H16N2O2S2/c1-8-4-3-5-9(2)12(8)16(13,14)10-6-11-7-15-10/h6-9H,3-5H2,1-2H3. The average Bonchev–Trinajstić information content (AvgIpc) is 2.69. The summed E-state index contributed by atoms with van der Waals surface area (Å²) in [4.78, 5) is 3.85. The summed E-state index contributed by atoms with van der Waals surface area (Å²) < 4.78 is 26.7. The second kappa shape index (κ2) is 4.43. The van der Waals surface area contributed by atoms with Gasteiger partial charge in [0.05, 0.1) is 11.7 Å². The van der Waals surface area contributed by atoms with Crippen molar-refractivity contribution in [2.24, 2.45) is 0 Å². The summed E-state index contributed by atoms with van der Waals surface area (Å²) in [6, 6.07) is 0.187. The first-order chi connectivity index (χ1) is 7.53. The Bertz CT molecular complexity index is 431. The fraction of sp³-hybridized carbons (Fsp3) is 0.700. The van der Waals surface area contributed by atoms with E-state index in [2.05, 4.69) is 4.98 Å². The lowest BCUT2D eigenvalue weighted by Gasteiger charge is -2.37. The van der Waals surface area contributed by atoms with E-state index in [1.165, 1.54) is 17.5 Å². The van der Waals surface area contributed by atoms with Gasteiger partial charge in [0.2, 0.25) is 0 Å². The molecule has 0 amide bonds. The Balaban J connectivity index is 2.36. The van der Waals surface area contributed by atoms with Crippen molar-refractivity contribution in [3.8, 4) is 0 Å². The zero-order valence-corrected chi connectivity index (χ0v) is 11.1. The first-order valence-corrected chi connectivity index (χ1v) is 7.77. The lowest BCUT2D eigenvalue weighted by Crippen LogP contribution is -2.47. The molecule has 0 spiro atoms.